The number of fused-ring (bicyclic) bond motifs is 1. The lowest BCUT2D eigenvalue weighted by atomic mass is 10.0. The van der Waals surface area contributed by atoms with Crippen LogP contribution in [0.5, 0.6) is 0 Å². The zero-order valence-electron chi connectivity index (χ0n) is 9.30. The van der Waals surface area contributed by atoms with Crippen molar-refractivity contribution in [2.24, 2.45) is 0 Å². The van der Waals surface area contributed by atoms with Crippen LogP contribution in [0.4, 0.5) is 43.9 Å². The number of rotatable bonds is 0. The number of halogens is 10. The van der Waals surface area contributed by atoms with E-state index in [1.165, 1.54) is 0 Å². The van der Waals surface area contributed by atoms with E-state index in [0.717, 1.165) is 0 Å². The molecule has 0 spiro atoms. The smallest absolute Gasteiger partial charge is 0.275 e. The van der Waals surface area contributed by atoms with E-state index in [9.17, 15) is 43.9 Å². The van der Waals surface area contributed by atoms with Crippen LogP contribution >= 0.6 is 0 Å². The Bertz CT molecular complexity index is 635. The van der Waals surface area contributed by atoms with Gasteiger partial charge in [0.1, 0.15) is 11.3 Å². The second-order valence-electron chi connectivity index (χ2n) is 3.82. The summed E-state index contributed by atoms with van der Waals surface area (Å²) >= 11 is 0. The van der Waals surface area contributed by atoms with Crippen LogP contribution in [0, 0.1) is 0 Å². The molecule has 2 heterocycles. The molecule has 21 heavy (non-hydrogen) atoms. The average molecular weight is 325 g/mol. The molecule has 0 fully saturated rings. The Labute approximate surface area is 109 Å². The molecular weight excluding hydrogens is 324 g/mol. The molecule has 1 unspecified atom stereocenters. The molecule has 0 N–H and O–H groups in total. The van der Waals surface area contributed by atoms with E-state index in [-0.39, 0.29) is 0 Å². The van der Waals surface area contributed by atoms with Crippen molar-refractivity contribution >= 4 is 0 Å². The van der Waals surface area contributed by atoms with Crippen LogP contribution in [0.15, 0.2) is 46.4 Å². The van der Waals surface area contributed by atoms with E-state index in [2.05, 4.69) is 0 Å². The fourth-order valence-corrected chi connectivity index (χ4v) is 1.74. The van der Waals surface area contributed by atoms with Crippen molar-refractivity contribution in [2.45, 2.75) is 12.5 Å². The minimum absolute atomic E-state index is 1.09. The fraction of sp³-hybridized carbons (Fsp3) is 0.200. The van der Waals surface area contributed by atoms with Gasteiger partial charge in [0, 0.05) is 0 Å². The summed E-state index contributed by atoms with van der Waals surface area (Å²) in [6, 6.07) is 0. The molecule has 1 atom stereocenters. The zero-order valence-corrected chi connectivity index (χ0v) is 9.30. The topological polar surface area (TPSA) is 3.24 Å². The second-order valence-corrected chi connectivity index (χ2v) is 3.82. The Balaban J connectivity index is 2.89. The van der Waals surface area contributed by atoms with Gasteiger partial charge in [-0.15, -0.1) is 0 Å². The molecule has 0 saturated heterocycles. The highest BCUT2D eigenvalue weighted by molar-refractivity contribution is 5.53. The molecule has 0 aromatic carbocycles. The Kier molecular flexibility index (Phi) is 3.33. The molecule has 2 aliphatic rings. The Morgan fingerprint density at radius 1 is 0.762 bits per heavy atom. The molecule has 116 valence electrons. The lowest BCUT2D eigenvalue weighted by Crippen LogP contribution is -2.39. The van der Waals surface area contributed by atoms with Gasteiger partial charge in [0.15, 0.2) is 17.5 Å². The summed E-state index contributed by atoms with van der Waals surface area (Å²) in [6.07, 6.45) is -9.43. The van der Waals surface area contributed by atoms with Crippen LogP contribution in [0.25, 0.3) is 0 Å². The van der Waals surface area contributed by atoms with Crippen molar-refractivity contribution < 1.29 is 43.9 Å². The summed E-state index contributed by atoms with van der Waals surface area (Å²) in [6.45, 7) is 0. The summed E-state index contributed by atoms with van der Waals surface area (Å²) < 4.78 is 130. The van der Waals surface area contributed by atoms with Crippen molar-refractivity contribution in [3.05, 3.63) is 46.4 Å². The lowest BCUT2D eigenvalue weighted by Gasteiger charge is -2.35. The molecule has 11 heteroatoms. The maximum Gasteiger partial charge on any atom is 0.421 e. The fourth-order valence-electron chi connectivity index (χ4n) is 1.74. The summed E-state index contributed by atoms with van der Waals surface area (Å²) in [5.41, 5.74) is -5.10. The minimum Gasteiger partial charge on any atom is -0.275 e. The first kappa shape index (κ1) is 15.4. The molecule has 0 aliphatic carbocycles. The van der Waals surface area contributed by atoms with Crippen molar-refractivity contribution in [1.82, 2.24) is 4.90 Å². The Morgan fingerprint density at radius 2 is 1.29 bits per heavy atom. The molecule has 0 saturated carbocycles. The Hall–Kier alpha value is -1.94. The normalized spacial score (nSPS) is 24.3. The average Bonchev–Trinajstić information content (AvgIpc) is 2.38. The third-order valence-corrected chi connectivity index (χ3v) is 2.61. The van der Waals surface area contributed by atoms with E-state index in [4.69, 9.17) is 0 Å². The maximum atomic E-state index is 13.4. The maximum absolute atomic E-state index is 13.4. The van der Waals surface area contributed by atoms with Crippen molar-refractivity contribution in [3.63, 3.8) is 0 Å². The number of nitrogens with zero attached hydrogens (tertiary/aromatic N) is 1. The SMILES string of the molecule is FC1=C(F)C2=C(C(F)(F)F)C(F)=C(F)C(F)N2C(F)=C1F. The largest absolute Gasteiger partial charge is 0.421 e. The molecular formula is C10HF10N. The summed E-state index contributed by atoms with van der Waals surface area (Å²) in [7, 11) is 0. The molecule has 0 radical (unpaired) electrons. The molecule has 0 amide bonds. The highest BCUT2D eigenvalue weighted by atomic mass is 19.4. The zero-order chi connectivity index (χ0) is 16.3. The minimum atomic E-state index is -5.82. The first-order valence-electron chi connectivity index (χ1n) is 4.91. The van der Waals surface area contributed by atoms with Gasteiger partial charge in [-0.2, -0.15) is 22.0 Å². The molecule has 0 aromatic rings. The number of allylic oxidation sites excluding steroid dienone is 5. The van der Waals surface area contributed by atoms with Crippen LogP contribution in [0.3, 0.4) is 0 Å². The highest BCUT2D eigenvalue weighted by Gasteiger charge is 2.53. The first-order valence-corrected chi connectivity index (χ1v) is 4.91. The van der Waals surface area contributed by atoms with E-state index in [0.29, 0.717) is 0 Å². The van der Waals surface area contributed by atoms with Crippen LogP contribution in [-0.2, 0) is 0 Å². The molecule has 2 rings (SSSR count). The van der Waals surface area contributed by atoms with E-state index in [1.807, 2.05) is 0 Å². The van der Waals surface area contributed by atoms with Gasteiger partial charge in [0.05, 0.1) is 0 Å². The Morgan fingerprint density at radius 3 is 1.76 bits per heavy atom. The summed E-state index contributed by atoms with van der Waals surface area (Å²) in [5, 5.41) is 0. The number of hydrogen-bond donors (Lipinski definition) is 0. The monoisotopic (exact) mass is 325 g/mol. The number of alkyl halides is 4. The van der Waals surface area contributed by atoms with Crippen LogP contribution in [-0.4, -0.2) is 17.4 Å². The second kappa shape index (κ2) is 4.53. The standard InChI is InChI=1S/C10HF10N/c11-2-1(10(18,19)20)7-4(13)3(12)6(15)9(17)21(7)8(16)5(2)14/h8H. The van der Waals surface area contributed by atoms with Crippen LogP contribution < -0.4 is 0 Å². The van der Waals surface area contributed by atoms with E-state index < -0.39 is 63.7 Å². The third-order valence-electron chi connectivity index (χ3n) is 2.61. The molecule has 2 aliphatic heterocycles. The highest BCUT2D eigenvalue weighted by Crippen LogP contribution is 2.50. The molecule has 0 bridgehead atoms. The number of hydrogen-bond acceptors (Lipinski definition) is 1. The quantitative estimate of drug-likeness (QED) is 0.455. The van der Waals surface area contributed by atoms with Crippen molar-refractivity contribution in [1.29, 1.82) is 0 Å². The summed E-state index contributed by atoms with van der Waals surface area (Å²) in [5.74, 6) is -16.4. The van der Waals surface area contributed by atoms with Gasteiger partial charge >= 0.3 is 6.18 Å². The van der Waals surface area contributed by atoms with Crippen molar-refractivity contribution in [2.75, 3.05) is 0 Å². The molecule has 1 nitrogen and oxygen atoms in total. The molecule has 0 aromatic heterocycles. The van der Waals surface area contributed by atoms with Gasteiger partial charge in [-0.05, 0) is 0 Å². The van der Waals surface area contributed by atoms with E-state index >= 15 is 0 Å². The van der Waals surface area contributed by atoms with Crippen LogP contribution in [0.2, 0.25) is 0 Å². The first-order chi connectivity index (χ1) is 9.50. The van der Waals surface area contributed by atoms with Gasteiger partial charge in [0.2, 0.25) is 23.9 Å². The van der Waals surface area contributed by atoms with E-state index in [1.54, 1.807) is 0 Å². The van der Waals surface area contributed by atoms with Crippen LogP contribution in [0.1, 0.15) is 0 Å². The van der Waals surface area contributed by atoms with Gasteiger partial charge in [0.25, 0.3) is 0 Å². The van der Waals surface area contributed by atoms with Gasteiger partial charge in [-0.1, -0.05) is 0 Å². The predicted octanol–water partition coefficient (Wildman–Crippen LogP) is 4.84. The summed E-state index contributed by atoms with van der Waals surface area (Å²) in [4.78, 5) is -1.09. The van der Waals surface area contributed by atoms with Gasteiger partial charge in [-0.25, -0.2) is 22.0 Å². The van der Waals surface area contributed by atoms with Gasteiger partial charge < -0.3 is 0 Å². The third kappa shape index (κ3) is 2.02. The lowest BCUT2D eigenvalue weighted by molar-refractivity contribution is -0.0959. The predicted molar refractivity (Wildman–Crippen MR) is 47.5 cm³/mol. The van der Waals surface area contributed by atoms with Crippen molar-refractivity contribution in [3.8, 4) is 0 Å². The van der Waals surface area contributed by atoms with Gasteiger partial charge in [-0.3, -0.25) is 4.90 Å².